The van der Waals surface area contributed by atoms with E-state index in [9.17, 15) is 0 Å². The van der Waals surface area contributed by atoms with Crippen LogP contribution in [-0.4, -0.2) is 34.6 Å². The van der Waals surface area contributed by atoms with Crippen molar-refractivity contribution in [2.45, 2.75) is 6.42 Å². The molecule has 1 aromatic carbocycles. The Hall–Kier alpha value is -3.15. The fraction of sp³-hybridized carbons (Fsp3) is 0.167. The van der Waals surface area contributed by atoms with Gasteiger partial charge in [-0.15, -0.1) is 0 Å². The highest BCUT2D eigenvalue weighted by molar-refractivity contribution is 5.84. The summed E-state index contributed by atoms with van der Waals surface area (Å²) < 4.78 is 2.01. The van der Waals surface area contributed by atoms with E-state index < -0.39 is 0 Å². The number of aliphatic imine (C=N–C) groups is 1. The molecule has 3 heterocycles. The summed E-state index contributed by atoms with van der Waals surface area (Å²) >= 11 is 0. The van der Waals surface area contributed by atoms with Crippen LogP contribution < -0.4 is 10.7 Å². The summed E-state index contributed by atoms with van der Waals surface area (Å²) in [6.07, 6.45) is 6.88. The summed E-state index contributed by atoms with van der Waals surface area (Å²) in [5.74, 6) is 0.729. The quantitative estimate of drug-likeness (QED) is 0.575. The van der Waals surface area contributed by atoms with Crippen molar-refractivity contribution in [1.82, 2.24) is 20.1 Å². The molecule has 0 saturated heterocycles. The Morgan fingerprint density at radius 3 is 2.88 bits per heavy atom. The summed E-state index contributed by atoms with van der Waals surface area (Å²) in [5, 5.41) is 7.40. The molecule has 2 N–H and O–H groups in total. The average Bonchev–Trinajstić information content (AvgIpc) is 3.07. The number of nitrogens with one attached hydrogen (secondary N) is 2. The fourth-order valence-corrected chi connectivity index (χ4v) is 2.61. The first-order valence-corrected chi connectivity index (χ1v) is 8.00. The number of hydrogen-bond acceptors (Lipinski definition) is 5. The molecule has 1 aliphatic heterocycles. The number of imidazole rings is 1. The van der Waals surface area contributed by atoms with Gasteiger partial charge >= 0.3 is 0 Å². The number of guanidine groups is 1. The molecular weight excluding hydrogens is 300 g/mol. The van der Waals surface area contributed by atoms with Crippen molar-refractivity contribution in [1.29, 1.82) is 0 Å². The molecule has 0 saturated carbocycles. The van der Waals surface area contributed by atoms with E-state index in [1.54, 1.807) is 6.21 Å². The molecule has 0 aliphatic carbocycles. The zero-order chi connectivity index (χ0) is 16.2. The number of rotatable bonds is 3. The lowest BCUT2D eigenvalue weighted by atomic mass is 10.2. The van der Waals surface area contributed by atoms with Crippen LogP contribution in [0.1, 0.15) is 12.0 Å². The smallest absolute Gasteiger partial charge is 0.212 e. The van der Waals surface area contributed by atoms with Crippen LogP contribution in [0, 0.1) is 0 Å². The van der Waals surface area contributed by atoms with Crippen molar-refractivity contribution < 1.29 is 0 Å². The van der Waals surface area contributed by atoms with E-state index in [0.29, 0.717) is 0 Å². The lowest BCUT2D eigenvalue weighted by Crippen LogP contribution is -2.38. The van der Waals surface area contributed by atoms with E-state index >= 15 is 0 Å². The Balaban J connectivity index is 1.53. The van der Waals surface area contributed by atoms with E-state index in [0.717, 1.165) is 47.9 Å². The van der Waals surface area contributed by atoms with Gasteiger partial charge in [-0.2, -0.15) is 5.10 Å². The van der Waals surface area contributed by atoms with Crippen LogP contribution in [0.3, 0.4) is 0 Å². The molecule has 4 rings (SSSR count). The number of aromatic nitrogens is 2. The lowest BCUT2D eigenvalue weighted by Gasteiger charge is -2.12. The predicted octanol–water partition coefficient (Wildman–Crippen LogP) is 2.27. The lowest BCUT2D eigenvalue weighted by molar-refractivity contribution is 0.712. The normalized spacial score (nSPS) is 14.6. The maximum Gasteiger partial charge on any atom is 0.212 e. The van der Waals surface area contributed by atoms with Crippen molar-refractivity contribution >= 4 is 17.8 Å². The number of fused-ring (bicyclic) bond motifs is 1. The van der Waals surface area contributed by atoms with Gasteiger partial charge < -0.3 is 9.72 Å². The molecule has 0 amide bonds. The highest BCUT2D eigenvalue weighted by atomic mass is 15.4. The van der Waals surface area contributed by atoms with E-state index in [2.05, 4.69) is 38.0 Å². The molecule has 1 aliphatic rings. The van der Waals surface area contributed by atoms with Crippen molar-refractivity contribution in [2.75, 3.05) is 13.1 Å². The number of hydrogen-bond donors (Lipinski definition) is 2. The van der Waals surface area contributed by atoms with Crippen molar-refractivity contribution in [2.24, 2.45) is 10.1 Å². The fourth-order valence-electron chi connectivity index (χ4n) is 2.61. The van der Waals surface area contributed by atoms with E-state index in [1.165, 1.54) is 0 Å². The zero-order valence-electron chi connectivity index (χ0n) is 13.2. The van der Waals surface area contributed by atoms with E-state index in [1.807, 2.05) is 47.1 Å². The average molecular weight is 318 g/mol. The second kappa shape index (κ2) is 6.54. The largest absolute Gasteiger partial charge is 0.355 e. The maximum absolute atomic E-state index is 4.65. The molecule has 3 aromatic rings. The van der Waals surface area contributed by atoms with Gasteiger partial charge in [-0.05, 0) is 18.6 Å². The zero-order valence-corrected chi connectivity index (χ0v) is 13.2. The number of benzene rings is 1. The van der Waals surface area contributed by atoms with Gasteiger partial charge in [0.2, 0.25) is 5.96 Å². The molecule has 120 valence electrons. The highest BCUT2D eigenvalue weighted by Gasteiger charge is 2.04. The molecule has 0 unspecified atom stereocenters. The molecule has 0 atom stereocenters. The summed E-state index contributed by atoms with van der Waals surface area (Å²) in [5.41, 5.74) is 6.91. The van der Waals surface area contributed by atoms with Crippen molar-refractivity contribution in [3.05, 3.63) is 60.4 Å². The Kier molecular flexibility index (Phi) is 3.93. The topological polar surface area (TPSA) is 66.1 Å². The first-order chi connectivity index (χ1) is 11.9. The minimum atomic E-state index is 0.729. The SMILES string of the molecule is C(=NNC1=NCCCN1)c1ccc2nc(-c3ccccc3)cn2c1. The second-order valence-corrected chi connectivity index (χ2v) is 5.60. The van der Waals surface area contributed by atoms with Crippen LogP contribution in [-0.2, 0) is 0 Å². The third-order valence-electron chi connectivity index (χ3n) is 3.82. The second-order valence-electron chi connectivity index (χ2n) is 5.60. The van der Waals surface area contributed by atoms with Crippen LogP contribution >= 0.6 is 0 Å². The predicted molar refractivity (Wildman–Crippen MR) is 96.3 cm³/mol. The van der Waals surface area contributed by atoms with Gasteiger partial charge in [0.25, 0.3) is 0 Å². The molecule has 2 aromatic heterocycles. The van der Waals surface area contributed by atoms with E-state index in [-0.39, 0.29) is 0 Å². The first kappa shape index (κ1) is 14.4. The minimum Gasteiger partial charge on any atom is -0.355 e. The molecular formula is C18H18N6. The first-order valence-electron chi connectivity index (χ1n) is 8.00. The number of nitrogens with zero attached hydrogens (tertiary/aromatic N) is 4. The summed E-state index contributed by atoms with van der Waals surface area (Å²) in [6, 6.07) is 14.2. The van der Waals surface area contributed by atoms with Gasteiger partial charge in [0.1, 0.15) is 5.65 Å². The van der Waals surface area contributed by atoms with Gasteiger partial charge in [0.15, 0.2) is 0 Å². The van der Waals surface area contributed by atoms with Crippen LogP contribution in [0.2, 0.25) is 0 Å². The summed E-state index contributed by atoms with van der Waals surface area (Å²) in [4.78, 5) is 8.96. The van der Waals surface area contributed by atoms with Gasteiger partial charge in [-0.3, -0.25) is 4.99 Å². The van der Waals surface area contributed by atoms with Crippen LogP contribution in [0.5, 0.6) is 0 Å². The maximum atomic E-state index is 4.65. The standard InChI is InChI=1S/C18H18N6/c1-2-5-15(6-3-1)16-13-24-12-14(7-8-17(24)22-16)11-21-23-18-19-9-4-10-20-18/h1-3,5-8,11-13H,4,9-10H2,(H2,19,20,23). The number of hydrazone groups is 1. The van der Waals surface area contributed by atoms with Crippen LogP contribution in [0.15, 0.2) is 65.0 Å². The molecule has 0 bridgehead atoms. The Labute approximate surface area is 140 Å². The van der Waals surface area contributed by atoms with Gasteiger partial charge in [0.05, 0.1) is 11.9 Å². The summed E-state index contributed by atoms with van der Waals surface area (Å²) in [6.45, 7) is 1.78. The van der Waals surface area contributed by atoms with Crippen LogP contribution in [0.4, 0.5) is 0 Å². The molecule has 0 spiro atoms. The van der Waals surface area contributed by atoms with Crippen molar-refractivity contribution in [3.8, 4) is 11.3 Å². The molecule has 6 heteroatoms. The summed E-state index contributed by atoms with van der Waals surface area (Å²) in [7, 11) is 0. The third kappa shape index (κ3) is 3.12. The number of pyridine rings is 1. The molecule has 6 nitrogen and oxygen atoms in total. The van der Waals surface area contributed by atoms with Crippen LogP contribution in [0.25, 0.3) is 16.9 Å². The Morgan fingerprint density at radius 1 is 1.12 bits per heavy atom. The molecule has 0 radical (unpaired) electrons. The van der Waals surface area contributed by atoms with Gasteiger partial charge in [-0.1, -0.05) is 30.3 Å². The molecule has 0 fully saturated rings. The Morgan fingerprint density at radius 2 is 2.04 bits per heavy atom. The van der Waals surface area contributed by atoms with Crippen molar-refractivity contribution in [3.63, 3.8) is 0 Å². The van der Waals surface area contributed by atoms with Gasteiger partial charge in [-0.25, -0.2) is 10.4 Å². The molecule has 24 heavy (non-hydrogen) atoms. The van der Waals surface area contributed by atoms with E-state index in [4.69, 9.17) is 0 Å². The third-order valence-corrected chi connectivity index (χ3v) is 3.82. The minimum absolute atomic E-state index is 0.729. The van der Waals surface area contributed by atoms with Gasteiger partial charge in [0, 0.05) is 36.6 Å². The monoisotopic (exact) mass is 318 g/mol. The highest BCUT2D eigenvalue weighted by Crippen LogP contribution is 2.18. The Bertz CT molecular complexity index is 894.